The third kappa shape index (κ3) is 4.44. The number of anilines is 1. The zero-order valence-corrected chi connectivity index (χ0v) is 18.6. The van der Waals surface area contributed by atoms with Gasteiger partial charge in [-0.05, 0) is 60.1 Å². The number of nitrogens with one attached hydrogen (secondary N) is 1. The van der Waals surface area contributed by atoms with Crippen LogP contribution < -0.4 is 11.1 Å². The highest BCUT2D eigenvalue weighted by molar-refractivity contribution is 7.97. The lowest BCUT2D eigenvalue weighted by Gasteiger charge is -2.33. The highest BCUT2D eigenvalue weighted by atomic mass is 32.2. The first-order chi connectivity index (χ1) is 13.2. The second-order valence-electron chi connectivity index (χ2n) is 8.46. The predicted octanol–water partition coefficient (Wildman–Crippen LogP) is 5.11. The highest BCUT2D eigenvalue weighted by Gasteiger charge is 2.33. The van der Waals surface area contributed by atoms with Crippen molar-refractivity contribution in [2.24, 2.45) is 17.1 Å². The number of amides is 2. The number of benzene rings is 1. The van der Waals surface area contributed by atoms with Crippen molar-refractivity contribution >= 4 is 39.9 Å². The Morgan fingerprint density at radius 3 is 2.50 bits per heavy atom. The van der Waals surface area contributed by atoms with Gasteiger partial charge in [0.15, 0.2) is 0 Å². The number of hydrogen-bond acceptors (Lipinski definition) is 4. The topological polar surface area (TPSA) is 72.2 Å². The molecule has 1 aliphatic carbocycles. The number of nitrogens with two attached hydrogens (primary N) is 1. The van der Waals surface area contributed by atoms with Crippen molar-refractivity contribution in [2.45, 2.75) is 45.8 Å². The lowest BCUT2D eigenvalue weighted by Crippen LogP contribution is -2.27. The summed E-state index contributed by atoms with van der Waals surface area (Å²) in [6.07, 6.45) is 4.86. The molecule has 0 bridgehead atoms. The van der Waals surface area contributed by atoms with Crippen LogP contribution in [0.15, 0.2) is 24.3 Å². The van der Waals surface area contributed by atoms with Crippen LogP contribution in [0.1, 0.15) is 63.9 Å². The molecule has 0 saturated carbocycles. The molecule has 4 nitrogen and oxygen atoms in total. The van der Waals surface area contributed by atoms with Crippen LogP contribution in [0.5, 0.6) is 0 Å². The van der Waals surface area contributed by atoms with Gasteiger partial charge in [-0.25, -0.2) is 0 Å². The molecule has 2 aromatic rings. The molecule has 0 aliphatic heterocycles. The number of rotatable bonds is 5. The average molecular weight is 417 g/mol. The summed E-state index contributed by atoms with van der Waals surface area (Å²) in [6.45, 7) is 6.78. The molecular formula is C22H28N2O2S2. The Labute approximate surface area is 175 Å². The van der Waals surface area contributed by atoms with Crippen molar-refractivity contribution in [3.8, 4) is 0 Å². The summed E-state index contributed by atoms with van der Waals surface area (Å²) >= 11 is 3.25. The summed E-state index contributed by atoms with van der Waals surface area (Å²) in [5, 5.41) is 3.53. The standard InChI is InChI=1S/C22H28N2O2S2/c1-22(2,3)15-9-10-16-17(11-15)28-21(18(16)19(23)25)24-20(26)14-7-5-13(6-8-14)12-27-4/h5-8,15H,9-12H2,1-4H3,(H2,23,25)(H,24,26). The van der Waals surface area contributed by atoms with E-state index in [1.165, 1.54) is 21.8 Å². The normalized spacial score (nSPS) is 16.5. The number of carbonyl (C=O) groups is 2. The zero-order chi connectivity index (χ0) is 20.5. The second-order valence-corrected chi connectivity index (χ2v) is 10.4. The number of thioether (sulfide) groups is 1. The van der Waals surface area contributed by atoms with Gasteiger partial charge in [0.1, 0.15) is 5.00 Å². The molecule has 0 spiro atoms. The van der Waals surface area contributed by atoms with E-state index in [4.69, 9.17) is 5.73 Å². The molecule has 28 heavy (non-hydrogen) atoms. The molecule has 0 saturated heterocycles. The lowest BCUT2D eigenvalue weighted by molar-refractivity contribution is 0.1000. The first-order valence-electron chi connectivity index (χ1n) is 9.54. The van der Waals surface area contributed by atoms with Crippen molar-refractivity contribution < 1.29 is 9.59 Å². The van der Waals surface area contributed by atoms with Crippen molar-refractivity contribution in [3.63, 3.8) is 0 Å². The largest absolute Gasteiger partial charge is 0.365 e. The lowest BCUT2D eigenvalue weighted by atomic mass is 9.72. The Morgan fingerprint density at radius 2 is 1.93 bits per heavy atom. The van der Waals surface area contributed by atoms with Crippen molar-refractivity contribution in [1.82, 2.24) is 0 Å². The van der Waals surface area contributed by atoms with Gasteiger partial charge in [-0.1, -0.05) is 32.9 Å². The van der Waals surface area contributed by atoms with E-state index in [0.29, 0.717) is 22.0 Å². The van der Waals surface area contributed by atoms with Gasteiger partial charge in [0, 0.05) is 16.2 Å². The van der Waals surface area contributed by atoms with Gasteiger partial charge >= 0.3 is 0 Å². The molecule has 150 valence electrons. The van der Waals surface area contributed by atoms with Crippen LogP contribution in [-0.4, -0.2) is 18.1 Å². The van der Waals surface area contributed by atoms with Gasteiger partial charge < -0.3 is 11.1 Å². The molecule has 6 heteroatoms. The first kappa shape index (κ1) is 20.9. The van der Waals surface area contributed by atoms with E-state index in [2.05, 4.69) is 32.3 Å². The van der Waals surface area contributed by atoms with Crippen LogP contribution in [-0.2, 0) is 18.6 Å². The molecule has 3 N–H and O–H groups in total. The molecular weight excluding hydrogens is 388 g/mol. The number of primary amides is 1. The van der Waals surface area contributed by atoms with E-state index in [1.54, 1.807) is 11.8 Å². The van der Waals surface area contributed by atoms with Gasteiger partial charge in [-0.2, -0.15) is 11.8 Å². The van der Waals surface area contributed by atoms with E-state index >= 15 is 0 Å². The maximum Gasteiger partial charge on any atom is 0.256 e. The maximum absolute atomic E-state index is 12.7. The molecule has 2 amide bonds. The van der Waals surface area contributed by atoms with Crippen LogP contribution in [0.4, 0.5) is 5.00 Å². The van der Waals surface area contributed by atoms with Crippen molar-refractivity contribution in [1.29, 1.82) is 0 Å². The van der Waals surface area contributed by atoms with Crippen LogP contribution in [0, 0.1) is 11.3 Å². The summed E-state index contributed by atoms with van der Waals surface area (Å²) < 4.78 is 0. The minimum Gasteiger partial charge on any atom is -0.365 e. The fourth-order valence-corrected chi connectivity index (χ4v) is 5.62. The van der Waals surface area contributed by atoms with E-state index in [0.717, 1.165) is 30.6 Å². The van der Waals surface area contributed by atoms with Crippen LogP contribution in [0.2, 0.25) is 0 Å². The minimum absolute atomic E-state index is 0.204. The molecule has 1 aliphatic rings. The van der Waals surface area contributed by atoms with Crippen molar-refractivity contribution in [2.75, 3.05) is 11.6 Å². The Balaban J connectivity index is 1.85. The quantitative estimate of drug-likeness (QED) is 0.711. The van der Waals surface area contributed by atoms with Crippen LogP contribution in [0.25, 0.3) is 0 Å². The van der Waals surface area contributed by atoms with Crippen molar-refractivity contribution in [3.05, 3.63) is 51.4 Å². The second kappa shape index (κ2) is 8.29. The summed E-state index contributed by atoms with van der Waals surface area (Å²) in [5.74, 6) is 0.814. The predicted molar refractivity (Wildman–Crippen MR) is 119 cm³/mol. The van der Waals surface area contributed by atoms with Gasteiger partial charge in [-0.3, -0.25) is 9.59 Å². The van der Waals surface area contributed by atoms with Gasteiger partial charge in [0.25, 0.3) is 11.8 Å². The Kier molecular flexibility index (Phi) is 6.20. The Morgan fingerprint density at radius 1 is 1.25 bits per heavy atom. The van der Waals surface area contributed by atoms with Gasteiger partial charge in [0.05, 0.1) is 5.56 Å². The zero-order valence-electron chi connectivity index (χ0n) is 16.9. The summed E-state index contributed by atoms with van der Waals surface area (Å²) in [4.78, 5) is 26.1. The molecule has 1 aromatic carbocycles. The average Bonchev–Trinajstić information content (AvgIpc) is 2.99. The third-order valence-corrected chi connectivity index (χ3v) is 7.28. The third-order valence-electron chi connectivity index (χ3n) is 5.49. The van der Waals surface area contributed by atoms with Crippen LogP contribution in [0.3, 0.4) is 0 Å². The fourth-order valence-electron chi connectivity index (χ4n) is 3.77. The van der Waals surface area contributed by atoms with E-state index < -0.39 is 5.91 Å². The van der Waals surface area contributed by atoms with E-state index in [-0.39, 0.29) is 11.3 Å². The van der Waals surface area contributed by atoms with E-state index in [9.17, 15) is 9.59 Å². The monoisotopic (exact) mass is 416 g/mol. The summed E-state index contributed by atoms with van der Waals surface area (Å²) in [7, 11) is 0. The maximum atomic E-state index is 12.7. The van der Waals surface area contributed by atoms with Gasteiger partial charge in [-0.15, -0.1) is 11.3 Å². The Hall–Kier alpha value is -1.79. The van der Waals surface area contributed by atoms with Gasteiger partial charge in [0.2, 0.25) is 0 Å². The molecule has 0 radical (unpaired) electrons. The Bertz CT molecular complexity index is 879. The number of thiophene rings is 1. The minimum atomic E-state index is -0.461. The number of fused-ring (bicyclic) bond motifs is 1. The summed E-state index contributed by atoms with van der Waals surface area (Å²) in [5.41, 5.74) is 9.20. The molecule has 3 rings (SSSR count). The number of hydrogen-bond donors (Lipinski definition) is 2. The molecule has 1 heterocycles. The smallest absolute Gasteiger partial charge is 0.256 e. The van der Waals surface area contributed by atoms with E-state index in [1.807, 2.05) is 24.3 Å². The molecule has 1 atom stereocenters. The number of carbonyl (C=O) groups excluding carboxylic acids is 2. The fraction of sp³-hybridized carbons (Fsp3) is 0.455. The summed E-state index contributed by atoms with van der Waals surface area (Å²) in [6, 6.07) is 7.59. The SMILES string of the molecule is CSCc1ccc(C(=O)Nc2sc3c(c2C(N)=O)CCC(C(C)(C)C)C3)cc1. The first-order valence-corrected chi connectivity index (χ1v) is 11.7. The highest BCUT2D eigenvalue weighted by Crippen LogP contribution is 2.44. The molecule has 0 fully saturated rings. The molecule has 1 aromatic heterocycles. The van der Waals surface area contributed by atoms with Crippen LogP contribution >= 0.6 is 23.1 Å². The molecule has 1 unspecified atom stereocenters.